The topological polar surface area (TPSA) is 24.9 Å². The maximum Gasteiger partial charge on any atom is 0.124 e. The molecule has 2 heterocycles. The number of rotatable bonds is 0. The van der Waals surface area contributed by atoms with Gasteiger partial charge in [-0.15, -0.1) is 0 Å². The molecule has 0 saturated carbocycles. The molecule has 0 unspecified atom stereocenters. The van der Waals surface area contributed by atoms with Gasteiger partial charge in [0.15, 0.2) is 0 Å². The highest BCUT2D eigenvalue weighted by atomic mass is 32.2. The largest absolute Gasteiger partial charge is 0.352 e. The lowest BCUT2D eigenvalue weighted by molar-refractivity contribution is 1.12. The smallest absolute Gasteiger partial charge is 0.124 e. The van der Waals surface area contributed by atoms with Crippen LogP contribution in [0.2, 0.25) is 0 Å². The maximum atomic E-state index is 4.32. The zero-order valence-electron chi connectivity index (χ0n) is 7.40. The molecule has 1 aliphatic heterocycles. The maximum absolute atomic E-state index is 4.32. The molecule has 3 heteroatoms. The van der Waals surface area contributed by atoms with Crippen molar-refractivity contribution >= 4 is 23.1 Å². The van der Waals surface area contributed by atoms with Crippen LogP contribution in [-0.4, -0.2) is 4.98 Å². The third-order valence-electron chi connectivity index (χ3n) is 2.13. The molecule has 2 aromatic rings. The van der Waals surface area contributed by atoms with Crippen molar-refractivity contribution in [2.45, 2.75) is 9.92 Å². The molecule has 1 aliphatic rings. The van der Waals surface area contributed by atoms with Crippen molar-refractivity contribution < 1.29 is 0 Å². The van der Waals surface area contributed by atoms with Gasteiger partial charge in [0.05, 0.1) is 11.4 Å². The number of nitrogens with zero attached hydrogens (tertiary/aromatic N) is 1. The minimum absolute atomic E-state index is 1.05. The van der Waals surface area contributed by atoms with Gasteiger partial charge in [-0.05, 0) is 24.3 Å². The van der Waals surface area contributed by atoms with Crippen LogP contribution in [0.25, 0.3) is 0 Å². The summed E-state index contributed by atoms with van der Waals surface area (Å²) in [6.07, 6.45) is 1.82. The van der Waals surface area contributed by atoms with Crippen LogP contribution in [0.4, 0.5) is 11.4 Å². The Morgan fingerprint density at radius 1 is 1.00 bits per heavy atom. The van der Waals surface area contributed by atoms with Gasteiger partial charge >= 0.3 is 0 Å². The predicted molar refractivity (Wildman–Crippen MR) is 58.1 cm³/mol. The van der Waals surface area contributed by atoms with E-state index in [0.29, 0.717) is 0 Å². The molecule has 1 aromatic carbocycles. The second-order valence-electron chi connectivity index (χ2n) is 3.08. The summed E-state index contributed by atoms with van der Waals surface area (Å²) in [7, 11) is 0. The molecule has 2 nitrogen and oxygen atoms in total. The highest BCUT2D eigenvalue weighted by Gasteiger charge is 2.14. The number of fused-ring (bicyclic) bond motifs is 2. The summed E-state index contributed by atoms with van der Waals surface area (Å²) in [6.45, 7) is 0. The number of pyridine rings is 1. The van der Waals surface area contributed by atoms with Gasteiger partial charge in [-0.3, -0.25) is 0 Å². The van der Waals surface area contributed by atoms with Gasteiger partial charge in [0, 0.05) is 11.1 Å². The van der Waals surface area contributed by atoms with Crippen LogP contribution >= 0.6 is 11.8 Å². The first-order valence-corrected chi connectivity index (χ1v) is 5.24. The summed E-state index contributed by atoms with van der Waals surface area (Å²) in [5, 5.41) is 4.40. The van der Waals surface area contributed by atoms with Gasteiger partial charge in [-0.1, -0.05) is 23.9 Å². The molecule has 1 N–H and O–H groups in total. The van der Waals surface area contributed by atoms with Crippen molar-refractivity contribution in [3.63, 3.8) is 0 Å². The molecule has 0 spiro atoms. The Hall–Kier alpha value is -1.48. The van der Waals surface area contributed by atoms with Crippen molar-refractivity contribution in [1.82, 2.24) is 4.98 Å². The molecule has 3 rings (SSSR count). The number of aromatic nitrogens is 1. The molecule has 0 aliphatic carbocycles. The average Bonchev–Trinajstić information content (AvgIpc) is 2.26. The van der Waals surface area contributed by atoms with Crippen LogP contribution in [0, 0.1) is 0 Å². The van der Waals surface area contributed by atoms with E-state index in [4.69, 9.17) is 0 Å². The summed E-state index contributed by atoms with van der Waals surface area (Å²) in [4.78, 5) is 5.55. The second-order valence-corrected chi connectivity index (χ2v) is 4.11. The molecule has 0 saturated heterocycles. The molecule has 1 aromatic heterocycles. The Labute approximate surface area is 86.4 Å². The number of hydrogen-bond acceptors (Lipinski definition) is 3. The van der Waals surface area contributed by atoms with E-state index in [1.54, 1.807) is 11.8 Å². The van der Waals surface area contributed by atoms with Crippen LogP contribution in [0.3, 0.4) is 0 Å². The molecule has 14 heavy (non-hydrogen) atoms. The Balaban J connectivity index is 2.12. The normalized spacial score (nSPS) is 12.6. The van der Waals surface area contributed by atoms with Crippen LogP contribution in [-0.2, 0) is 0 Å². The Bertz CT molecular complexity index is 395. The van der Waals surface area contributed by atoms with E-state index < -0.39 is 0 Å². The summed E-state index contributed by atoms with van der Waals surface area (Å²) >= 11 is 1.71. The summed E-state index contributed by atoms with van der Waals surface area (Å²) < 4.78 is 0. The van der Waals surface area contributed by atoms with E-state index in [2.05, 4.69) is 22.4 Å². The van der Waals surface area contributed by atoms with E-state index in [9.17, 15) is 0 Å². The second kappa shape index (κ2) is 3.03. The number of nitrogens with one attached hydrogen (secondary N) is 1. The van der Waals surface area contributed by atoms with Crippen LogP contribution in [0.5, 0.6) is 0 Å². The van der Waals surface area contributed by atoms with Crippen LogP contribution in [0.1, 0.15) is 0 Å². The molecule has 0 radical (unpaired) electrons. The molecule has 68 valence electrons. The Morgan fingerprint density at radius 3 is 2.86 bits per heavy atom. The van der Waals surface area contributed by atoms with Gasteiger partial charge in [-0.25, -0.2) is 4.98 Å². The zero-order valence-corrected chi connectivity index (χ0v) is 8.21. The van der Waals surface area contributed by atoms with Gasteiger partial charge in [0.2, 0.25) is 0 Å². The van der Waals surface area contributed by atoms with Crippen molar-refractivity contribution in [1.29, 1.82) is 0 Å². The predicted octanol–water partition coefficient (Wildman–Crippen LogP) is 3.29. The first kappa shape index (κ1) is 7.88. The minimum Gasteiger partial charge on any atom is -0.352 e. The molecule has 0 fully saturated rings. The third kappa shape index (κ3) is 1.17. The van der Waals surface area contributed by atoms with Crippen molar-refractivity contribution in [3.8, 4) is 0 Å². The van der Waals surface area contributed by atoms with E-state index in [0.717, 1.165) is 16.4 Å². The van der Waals surface area contributed by atoms with Crippen molar-refractivity contribution in [2.75, 3.05) is 5.32 Å². The fourth-order valence-electron chi connectivity index (χ4n) is 1.48. The summed E-state index contributed by atoms with van der Waals surface area (Å²) in [6, 6.07) is 12.3. The van der Waals surface area contributed by atoms with Gasteiger partial charge in [-0.2, -0.15) is 0 Å². The highest BCUT2D eigenvalue weighted by Crippen LogP contribution is 2.42. The molecular formula is C11H8N2S. The fraction of sp³-hybridized carbons (Fsp3) is 0. The number of benzene rings is 1. The first-order valence-electron chi connectivity index (χ1n) is 4.42. The van der Waals surface area contributed by atoms with E-state index in [1.807, 2.05) is 30.5 Å². The van der Waals surface area contributed by atoms with Crippen molar-refractivity contribution in [2.24, 2.45) is 0 Å². The Kier molecular flexibility index (Phi) is 1.70. The zero-order chi connectivity index (χ0) is 9.38. The number of anilines is 2. The van der Waals surface area contributed by atoms with E-state index >= 15 is 0 Å². The van der Waals surface area contributed by atoms with E-state index in [1.165, 1.54) is 4.90 Å². The lowest BCUT2D eigenvalue weighted by Crippen LogP contribution is -2.00. The molecule has 0 atom stereocenters. The van der Waals surface area contributed by atoms with E-state index in [-0.39, 0.29) is 0 Å². The molecule has 0 amide bonds. The Morgan fingerprint density at radius 2 is 1.86 bits per heavy atom. The summed E-state index contributed by atoms with van der Waals surface area (Å²) in [5.41, 5.74) is 2.26. The average molecular weight is 200 g/mol. The monoisotopic (exact) mass is 200 g/mol. The molecule has 0 bridgehead atoms. The lowest BCUT2D eigenvalue weighted by Gasteiger charge is -2.18. The lowest BCUT2D eigenvalue weighted by atomic mass is 10.3. The summed E-state index contributed by atoms with van der Waals surface area (Å²) in [5.74, 6) is 0. The number of para-hydroxylation sites is 1. The quantitative estimate of drug-likeness (QED) is 0.602. The first-order chi connectivity index (χ1) is 6.93. The molecular weight excluding hydrogens is 192 g/mol. The SMILES string of the molecule is c1ccc2c(c1)Nc1cccnc1S2. The van der Waals surface area contributed by atoms with Crippen LogP contribution < -0.4 is 5.32 Å². The van der Waals surface area contributed by atoms with Crippen LogP contribution in [0.15, 0.2) is 52.5 Å². The highest BCUT2D eigenvalue weighted by molar-refractivity contribution is 7.99. The fourth-order valence-corrected chi connectivity index (χ4v) is 2.40. The van der Waals surface area contributed by atoms with Gasteiger partial charge in [0.25, 0.3) is 0 Å². The standard InChI is InChI=1S/C11H8N2S/c1-2-6-10-8(4-1)13-9-5-3-7-12-11(9)14-10/h1-7,13H. The van der Waals surface area contributed by atoms with Gasteiger partial charge in [0.1, 0.15) is 5.03 Å². The number of hydrogen-bond donors (Lipinski definition) is 1. The van der Waals surface area contributed by atoms with Gasteiger partial charge < -0.3 is 5.32 Å². The minimum atomic E-state index is 1.05. The van der Waals surface area contributed by atoms with Crippen molar-refractivity contribution in [3.05, 3.63) is 42.6 Å². The third-order valence-corrected chi connectivity index (χ3v) is 3.23.